The van der Waals surface area contributed by atoms with Gasteiger partial charge >= 0.3 is 7.60 Å². The zero-order valence-corrected chi connectivity index (χ0v) is 10.3. The molecule has 0 bridgehead atoms. The number of hydrogen-bond donors (Lipinski definition) is 4. The van der Waals surface area contributed by atoms with E-state index in [1.165, 1.54) is 0 Å². The van der Waals surface area contributed by atoms with E-state index in [0.717, 1.165) is 12.0 Å². The monoisotopic (exact) mass is 259 g/mol. The molecule has 6 heteroatoms. The molecule has 1 aromatic carbocycles. The molecule has 1 aromatic rings. The number of aliphatic hydroxyl groups excluding tert-OH is 1. The molecule has 0 aliphatic carbocycles. The maximum Gasteiger partial charge on any atom is 0.353 e. The van der Waals surface area contributed by atoms with E-state index in [1.54, 1.807) is 0 Å². The van der Waals surface area contributed by atoms with Crippen LogP contribution in [-0.4, -0.2) is 26.8 Å². The molecule has 0 saturated carbocycles. The molecule has 0 aliphatic rings. The zero-order chi connectivity index (χ0) is 12.9. The van der Waals surface area contributed by atoms with Crippen molar-refractivity contribution in [3.63, 3.8) is 0 Å². The topological polar surface area (TPSA) is 104 Å². The van der Waals surface area contributed by atoms with Gasteiger partial charge in [0.2, 0.25) is 0 Å². The van der Waals surface area contributed by atoms with Gasteiger partial charge in [0.25, 0.3) is 0 Å². The average Bonchev–Trinajstić information content (AvgIpc) is 2.26. The summed E-state index contributed by atoms with van der Waals surface area (Å²) in [7, 11) is -4.43. The Hall–Kier alpha value is -0.710. The van der Waals surface area contributed by atoms with E-state index >= 15 is 0 Å². The van der Waals surface area contributed by atoms with Gasteiger partial charge in [-0.2, -0.15) is 0 Å². The molecule has 0 aromatic heterocycles. The Labute approximate surface area is 100 Å². The fourth-order valence-corrected chi connectivity index (χ4v) is 2.07. The van der Waals surface area contributed by atoms with E-state index in [-0.39, 0.29) is 6.42 Å². The number of aryl methyl sites for hydroxylation is 1. The Morgan fingerprint density at radius 3 is 2.35 bits per heavy atom. The minimum atomic E-state index is -4.43. The Morgan fingerprint density at radius 2 is 1.82 bits per heavy atom. The molecule has 1 rings (SSSR count). The second kappa shape index (κ2) is 6.28. The van der Waals surface area contributed by atoms with Crippen molar-refractivity contribution in [2.75, 3.05) is 0 Å². The lowest BCUT2D eigenvalue weighted by Crippen LogP contribution is -2.26. The van der Waals surface area contributed by atoms with Gasteiger partial charge in [0.1, 0.15) is 0 Å². The third kappa shape index (κ3) is 5.44. The van der Waals surface area contributed by atoms with Crippen LogP contribution in [0.15, 0.2) is 30.3 Å². The summed E-state index contributed by atoms with van der Waals surface area (Å²) in [5.41, 5.74) is 6.83. The highest BCUT2D eigenvalue weighted by Crippen LogP contribution is 2.41. The first-order chi connectivity index (χ1) is 7.89. The van der Waals surface area contributed by atoms with Gasteiger partial charge in [0.05, 0.1) is 0 Å². The highest BCUT2D eigenvalue weighted by molar-refractivity contribution is 7.52. The molecule has 0 saturated heterocycles. The van der Waals surface area contributed by atoms with Gasteiger partial charge < -0.3 is 20.6 Å². The van der Waals surface area contributed by atoms with Crippen molar-refractivity contribution in [1.29, 1.82) is 0 Å². The minimum absolute atomic E-state index is 0.0862. The summed E-state index contributed by atoms with van der Waals surface area (Å²) in [5, 5.41) is 9.21. The number of aliphatic hydroxyl groups is 1. The van der Waals surface area contributed by atoms with Crippen LogP contribution in [0.1, 0.15) is 18.4 Å². The number of hydrogen-bond acceptors (Lipinski definition) is 3. The van der Waals surface area contributed by atoms with Gasteiger partial charge in [0.15, 0.2) is 5.85 Å². The van der Waals surface area contributed by atoms with Crippen LogP contribution in [0.3, 0.4) is 0 Å². The van der Waals surface area contributed by atoms with E-state index in [4.69, 9.17) is 15.5 Å². The largest absolute Gasteiger partial charge is 0.380 e. The first-order valence-corrected chi connectivity index (χ1v) is 7.10. The summed E-state index contributed by atoms with van der Waals surface area (Å²) >= 11 is 0. The third-order valence-corrected chi connectivity index (χ3v) is 3.54. The lowest BCUT2D eigenvalue weighted by molar-refractivity contribution is 0.184. The average molecular weight is 259 g/mol. The summed E-state index contributed by atoms with van der Waals surface area (Å²) in [6.07, 6.45) is 1.23. The number of benzene rings is 1. The van der Waals surface area contributed by atoms with Gasteiger partial charge in [-0.25, -0.2) is 0 Å². The van der Waals surface area contributed by atoms with Crippen LogP contribution in [0, 0.1) is 0 Å². The predicted molar refractivity (Wildman–Crippen MR) is 65.4 cm³/mol. The minimum Gasteiger partial charge on any atom is -0.380 e. The summed E-state index contributed by atoms with van der Waals surface area (Å²) in [4.78, 5) is 17.5. The highest BCUT2D eigenvalue weighted by atomic mass is 31.2. The van der Waals surface area contributed by atoms with Crippen molar-refractivity contribution in [3.05, 3.63) is 35.9 Å². The molecule has 5 nitrogen and oxygen atoms in total. The van der Waals surface area contributed by atoms with Crippen LogP contribution in [0.4, 0.5) is 0 Å². The Bertz CT molecular complexity index is 378. The Balaban J connectivity index is 2.36. The molecule has 2 atom stereocenters. The van der Waals surface area contributed by atoms with Crippen molar-refractivity contribution < 1.29 is 19.5 Å². The molecule has 0 fully saturated rings. The molecule has 17 heavy (non-hydrogen) atoms. The molecule has 0 aliphatic heterocycles. The van der Waals surface area contributed by atoms with Crippen LogP contribution in [0.25, 0.3) is 0 Å². The fraction of sp³-hybridized carbons (Fsp3) is 0.455. The van der Waals surface area contributed by atoms with E-state index in [9.17, 15) is 9.67 Å². The van der Waals surface area contributed by atoms with E-state index < -0.39 is 19.5 Å². The summed E-state index contributed by atoms with van der Waals surface area (Å²) in [6.45, 7) is 0. The van der Waals surface area contributed by atoms with Gasteiger partial charge in [-0.15, -0.1) is 0 Å². The van der Waals surface area contributed by atoms with Gasteiger partial charge in [0, 0.05) is 12.5 Å². The summed E-state index contributed by atoms with van der Waals surface area (Å²) in [6, 6.07) is 9.27. The maximum atomic E-state index is 10.7. The second-order valence-corrected chi connectivity index (χ2v) is 5.86. The van der Waals surface area contributed by atoms with E-state index in [2.05, 4.69) is 0 Å². The predicted octanol–water partition coefficient (Wildman–Crippen LogP) is 0.833. The summed E-state index contributed by atoms with van der Waals surface area (Å²) in [5.74, 6) is -1.66. The normalized spacial score (nSPS) is 15.5. The van der Waals surface area contributed by atoms with Crippen LogP contribution >= 0.6 is 7.60 Å². The standard InChI is InChI=1S/C11H18NO4P/c12-10(8-11(13)17(14,15)16)7-6-9-4-2-1-3-5-9/h1-5,10-11,13H,6-8,12H2,(H2,14,15,16). The van der Waals surface area contributed by atoms with Crippen LogP contribution in [0.2, 0.25) is 0 Å². The van der Waals surface area contributed by atoms with Gasteiger partial charge in [-0.3, -0.25) is 4.57 Å². The molecule has 0 amide bonds. The smallest absolute Gasteiger partial charge is 0.353 e. The Kier molecular flexibility index (Phi) is 5.31. The third-order valence-electron chi connectivity index (χ3n) is 2.55. The van der Waals surface area contributed by atoms with E-state index in [1.807, 2.05) is 30.3 Å². The van der Waals surface area contributed by atoms with Crippen molar-refractivity contribution >= 4 is 7.60 Å². The SMILES string of the molecule is NC(CCc1ccccc1)CC(O)P(=O)(O)O. The number of rotatable bonds is 6. The van der Waals surface area contributed by atoms with Crippen molar-refractivity contribution in [1.82, 2.24) is 0 Å². The van der Waals surface area contributed by atoms with Crippen molar-refractivity contribution in [3.8, 4) is 0 Å². The lowest BCUT2D eigenvalue weighted by atomic mass is 10.0. The molecular weight excluding hydrogens is 241 g/mol. The van der Waals surface area contributed by atoms with Crippen LogP contribution < -0.4 is 5.73 Å². The molecular formula is C11H18NO4P. The molecule has 2 unspecified atom stereocenters. The van der Waals surface area contributed by atoms with Crippen molar-refractivity contribution in [2.24, 2.45) is 5.73 Å². The maximum absolute atomic E-state index is 10.7. The molecule has 0 radical (unpaired) electrons. The summed E-state index contributed by atoms with van der Waals surface area (Å²) < 4.78 is 10.7. The number of nitrogens with two attached hydrogens (primary N) is 1. The first-order valence-electron chi connectivity index (χ1n) is 5.42. The highest BCUT2D eigenvalue weighted by Gasteiger charge is 2.27. The molecule has 0 heterocycles. The van der Waals surface area contributed by atoms with E-state index in [0.29, 0.717) is 6.42 Å². The molecule has 0 spiro atoms. The first kappa shape index (κ1) is 14.4. The fourth-order valence-electron chi connectivity index (χ4n) is 1.52. The Morgan fingerprint density at radius 1 is 1.24 bits per heavy atom. The second-order valence-electron chi connectivity index (χ2n) is 4.09. The van der Waals surface area contributed by atoms with Crippen molar-refractivity contribution in [2.45, 2.75) is 31.1 Å². The van der Waals surface area contributed by atoms with Gasteiger partial charge in [-0.05, 0) is 18.4 Å². The molecule has 5 N–H and O–H groups in total. The van der Waals surface area contributed by atoms with Crippen LogP contribution in [0.5, 0.6) is 0 Å². The quantitative estimate of drug-likeness (QED) is 0.566. The van der Waals surface area contributed by atoms with Crippen LogP contribution in [-0.2, 0) is 11.0 Å². The van der Waals surface area contributed by atoms with Gasteiger partial charge in [-0.1, -0.05) is 30.3 Å². The lowest BCUT2D eigenvalue weighted by Gasteiger charge is -2.17. The molecule has 96 valence electrons. The zero-order valence-electron chi connectivity index (χ0n) is 9.44.